The first-order valence-electron chi connectivity index (χ1n) is 8.17. The Kier molecular flexibility index (Phi) is 6.31. The lowest BCUT2D eigenvalue weighted by Gasteiger charge is -2.14. The predicted molar refractivity (Wildman–Crippen MR) is 111 cm³/mol. The fraction of sp³-hybridized carbons (Fsp3) is 0.143. The van der Waals surface area contributed by atoms with Gasteiger partial charge in [0.1, 0.15) is 12.4 Å². The molecule has 0 amide bonds. The van der Waals surface area contributed by atoms with Gasteiger partial charge in [0.2, 0.25) is 0 Å². The Hall–Kier alpha value is -1.87. The molecule has 0 bridgehead atoms. The highest BCUT2D eigenvalue weighted by Gasteiger charge is 2.07. The maximum atomic E-state index is 6.17. The highest BCUT2D eigenvalue weighted by atomic mass is 35.5. The van der Waals surface area contributed by atoms with E-state index in [1.54, 1.807) is 6.07 Å². The van der Waals surface area contributed by atoms with Crippen LogP contribution in [-0.4, -0.2) is 0 Å². The summed E-state index contributed by atoms with van der Waals surface area (Å²) in [6.07, 6.45) is 0. The maximum Gasteiger partial charge on any atom is 0.124 e. The molecule has 3 aromatic carbocycles. The molecular formula is C21H18Cl3NO. The molecule has 26 heavy (non-hydrogen) atoms. The summed E-state index contributed by atoms with van der Waals surface area (Å²) < 4.78 is 6.04. The van der Waals surface area contributed by atoms with Gasteiger partial charge in [0.25, 0.3) is 0 Å². The van der Waals surface area contributed by atoms with Crippen molar-refractivity contribution in [2.45, 2.75) is 20.1 Å². The van der Waals surface area contributed by atoms with Crippen molar-refractivity contribution in [1.29, 1.82) is 0 Å². The molecule has 0 saturated heterocycles. The van der Waals surface area contributed by atoms with Gasteiger partial charge in [-0.2, -0.15) is 0 Å². The van der Waals surface area contributed by atoms with Crippen molar-refractivity contribution >= 4 is 40.5 Å². The molecule has 0 atom stereocenters. The standard InChI is InChI=1S/C21H18Cl3NO/c1-14-4-2-3-5-15(14)13-26-21-7-6-17(22)8-16(21)12-25-20-10-18(23)9-19(24)11-20/h2-11,25H,12-13H2,1H3. The summed E-state index contributed by atoms with van der Waals surface area (Å²) in [5, 5.41) is 5.14. The summed E-state index contributed by atoms with van der Waals surface area (Å²) in [4.78, 5) is 0. The van der Waals surface area contributed by atoms with E-state index in [4.69, 9.17) is 39.5 Å². The van der Waals surface area contributed by atoms with Gasteiger partial charge in [-0.25, -0.2) is 0 Å². The SMILES string of the molecule is Cc1ccccc1COc1ccc(Cl)cc1CNc1cc(Cl)cc(Cl)c1. The van der Waals surface area contributed by atoms with E-state index < -0.39 is 0 Å². The second kappa shape index (κ2) is 8.68. The zero-order valence-corrected chi connectivity index (χ0v) is 16.5. The van der Waals surface area contributed by atoms with E-state index in [1.165, 1.54) is 5.56 Å². The third kappa shape index (κ3) is 5.07. The molecule has 0 aliphatic carbocycles. The third-order valence-electron chi connectivity index (χ3n) is 4.01. The van der Waals surface area contributed by atoms with Gasteiger partial charge >= 0.3 is 0 Å². The molecule has 0 radical (unpaired) electrons. The number of anilines is 1. The Bertz CT molecular complexity index is 891. The van der Waals surface area contributed by atoms with E-state index in [-0.39, 0.29) is 0 Å². The molecule has 0 aromatic heterocycles. The zero-order valence-electron chi connectivity index (χ0n) is 14.2. The average Bonchev–Trinajstić information content (AvgIpc) is 2.59. The summed E-state index contributed by atoms with van der Waals surface area (Å²) in [7, 11) is 0. The van der Waals surface area contributed by atoms with Gasteiger partial charge in [-0.15, -0.1) is 0 Å². The lowest BCUT2D eigenvalue weighted by atomic mass is 10.1. The van der Waals surface area contributed by atoms with E-state index >= 15 is 0 Å². The lowest BCUT2D eigenvalue weighted by molar-refractivity contribution is 0.302. The van der Waals surface area contributed by atoms with Crippen LogP contribution in [0.25, 0.3) is 0 Å². The quantitative estimate of drug-likeness (QED) is 0.469. The van der Waals surface area contributed by atoms with Crippen molar-refractivity contribution in [2.75, 3.05) is 5.32 Å². The molecule has 0 fully saturated rings. The molecule has 2 nitrogen and oxygen atoms in total. The van der Waals surface area contributed by atoms with E-state index in [1.807, 2.05) is 42.5 Å². The Morgan fingerprint density at radius 2 is 1.54 bits per heavy atom. The predicted octanol–water partition coefficient (Wildman–Crippen LogP) is 7.15. The molecule has 0 spiro atoms. The van der Waals surface area contributed by atoms with E-state index in [9.17, 15) is 0 Å². The number of hydrogen-bond acceptors (Lipinski definition) is 2. The topological polar surface area (TPSA) is 21.3 Å². The Morgan fingerprint density at radius 3 is 2.27 bits per heavy atom. The molecule has 3 rings (SSSR count). The first-order valence-corrected chi connectivity index (χ1v) is 9.30. The van der Waals surface area contributed by atoms with Crippen molar-refractivity contribution in [1.82, 2.24) is 0 Å². The zero-order chi connectivity index (χ0) is 18.5. The molecule has 1 N–H and O–H groups in total. The lowest BCUT2D eigenvalue weighted by Crippen LogP contribution is -2.04. The van der Waals surface area contributed by atoms with Gasteiger partial charge in [0.05, 0.1) is 0 Å². The minimum Gasteiger partial charge on any atom is -0.489 e. The average molecular weight is 407 g/mol. The van der Waals surface area contributed by atoms with Gasteiger partial charge < -0.3 is 10.1 Å². The monoisotopic (exact) mass is 405 g/mol. The van der Waals surface area contributed by atoms with Crippen LogP contribution in [0, 0.1) is 6.92 Å². The van der Waals surface area contributed by atoms with Crippen LogP contribution in [-0.2, 0) is 13.2 Å². The van der Waals surface area contributed by atoms with E-state index in [2.05, 4.69) is 24.4 Å². The maximum absolute atomic E-state index is 6.17. The molecular weight excluding hydrogens is 389 g/mol. The Balaban J connectivity index is 1.74. The van der Waals surface area contributed by atoms with Gasteiger partial charge in [-0.05, 0) is 54.4 Å². The van der Waals surface area contributed by atoms with Crippen LogP contribution in [0.4, 0.5) is 5.69 Å². The second-order valence-electron chi connectivity index (χ2n) is 5.98. The Labute approximate surface area is 168 Å². The number of ether oxygens (including phenoxy) is 1. The number of benzene rings is 3. The van der Waals surface area contributed by atoms with Crippen LogP contribution in [0.15, 0.2) is 60.7 Å². The summed E-state index contributed by atoms with van der Waals surface area (Å²) in [6, 6.07) is 19.1. The summed E-state index contributed by atoms with van der Waals surface area (Å²) in [5.41, 5.74) is 4.16. The molecule has 5 heteroatoms. The number of aryl methyl sites for hydroxylation is 1. The molecule has 134 valence electrons. The largest absolute Gasteiger partial charge is 0.489 e. The summed E-state index contributed by atoms with van der Waals surface area (Å²) in [5.74, 6) is 0.790. The first-order chi connectivity index (χ1) is 12.5. The number of nitrogens with one attached hydrogen (secondary N) is 1. The van der Waals surface area contributed by atoms with E-state index in [0.29, 0.717) is 28.2 Å². The van der Waals surface area contributed by atoms with Crippen molar-refractivity contribution in [3.63, 3.8) is 0 Å². The molecule has 0 saturated carbocycles. The number of halogens is 3. The van der Waals surface area contributed by atoms with Gasteiger partial charge in [-0.1, -0.05) is 59.1 Å². The fourth-order valence-electron chi connectivity index (χ4n) is 2.61. The first kappa shape index (κ1) is 18.9. The fourth-order valence-corrected chi connectivity index (χ4v) is 3.33. The molecule has 0 aliphatic heterocycles. The van der Waals surface area contributed by atoms with Gasteiger partial charge in [0.15, 0.2) is 0 Å². The Morgan fingerprint density at radius 1 is 0.808 bits per heavy atom. The van der Waals surface area contributed by atoms with Crippen molar-refractivity contribution < 1.29 is 4.74 Å². The van der Waals surface area contributed by atoms with E-state index in [0.717, 1.165) is 22.6 Å². The second-order valence-corrected chi connectivity index (χ2v) is 7.29. The van der Waals surface area contributed by atoms with Crippen molar-refractivity contribution in [2.24, 2.45) is 0 Å². The minimum atomic E-state index is 0.504. The van der Waals surface area contributed by atoms with Crippen LogP contribution >= 0.6 is 34.8 Å². The van der Waals surface area contributed by atoms with Gasteiger partial charge in [0, 0.05) is 32.9 Å². The number of hydrogen-bond donors (Lipinski definition) is 1. The van der Waals surface area contributed by atoms with Crippen LogP contribution in [0.5, 0.6) is 5.75 Å². The highest BCUT2D eigenvalue weighted by molar-refractivity contribution is 6.35. The van der Waals surface area contributed by atoms with Crippen LogP contribution in [0.2, 0.25) is 15.1 Å². The highest BCUT2D eigenvalue weighted by Crippen LogP contribution is 2.27. The summed E-state index contributed by atoms with van der Waals surface area (Å²) in [6.45, 7) is 3.12. The van der Waals surface area contributed by atoms with Gasteiger partial charge in [-0.3, -0.25) is 0 Å². The smallest absolute Gasteiger partial charge is 0.124 e. The normalized spacial score (nSPS) is 10.6. The molecule has 0 heterocycles. The van der Waals surface area contributed by atoms with Crippen LogP contribution in [0.3, 0.4) is 0 Å². The van der Waals surface area contributed by atoms with Crippen LogP contribution < -0.4 is 10.1 Å². The van der Waals surface area contributed by atoms with Crippen molar-refractivity contribution in [3.05, 3.63) is 92.4 Å². The molecule has 0 unspecified atom stereocenters. The molecule has 0 aliphatic rings. The van der Waals surface area contributed by atoms with Crippen molar-refractivity contribution in [3.8, 4) is 5.75 Å². The minimum absolute atomic E-state index is 0.504. The van der Waals surface area contributed by atoms with Crippen LogP contribution in [0.1, 0.15) is 16.7 Å². The number of rotatable bonds is 6. The summed E-state index contributed by atoms with van der Waals surface area (Å²) >= 11 is 18.3. The molecule has 3 aromatic rings. The third-order valence-corrected chi connectivity index (χ3v) is 4.68.